The highest BCUT2D eigenvalue weighted by molar-refractivity contribution is 5.89. The van der Waals surface area contributed by atoms with E-state index in [4.69, 9.17) is 9.84 Å². The van der Waals surface area contributed by atoms with E-state index >= 15 is 0 Å². The Kier molecular flexibility index (Phi) is 2.90. The summed E-state index contributed by atoms with van der Waals surface area (Å²) >= 11 is 0. The molecular weight excluding hydrogens is 168 g/mol. The Labute approximate surface area is 77.0 Å². The molecule has 0 heterocycles. The molecule has 0 bridgehead atoms. The minimum Gasteiger partial charge on any atom is -0.508 e. The van der Waals surface area contributed by atoms with Crippen molar-refractivity contribution in [2.75, 3.05) is 6.61 Å². The zero-order chi connectivity index (χ0) is 9.84. The van der Waals surface area contributed by atoms with Crippen molar-refractivity contribution in [3.8, 4) is 5.75 Å². The van der Waals surface area contributed by atoms with Crippen molar-refractivity contribution >= 4 is 5.97 Å². The molecule has 0 unspecified atom stereocenters. The number of aromatic hydroxyl groups is 1. The molecule has 1 aromatic rings. The van der Waals surface area contributed by atoms with Crippen molar-refractivity contribution in [3.05, 3.63) is 36.2 Å². The van der Waals surface area contributed by atoms with E-state index in [-0.39, 0.29) is 5.75 Å². The van der Waals surface area contributed by atoms with E-state index < -0.39 is 5.97 Å². The van der Waals surface area contributed by atoms with Crippen LogP contribution < -0.4 is 0 Å². The summed E-state index contributed by atoms with van der Waals surface area (Å²) < 4.78 is 4.77. The minimum atomic E-state index is -0.396. The number of esters is 1. The van der Waals surface area contributed by atoms with Crippen LogP contribution in [-0.4, -0.2) is 17.7 Å². The smallest absolute Gasteiger partial charge is 0.338 e. The third-order valence-electron chi connectivity index (χ3n) is 1.59. The topological polar surface area (TPSA) is 46.5 Å². The van der Waals surface area contributed by atoms with Crippen LogP contribution in [0, 0.1) is 6.92 Å². The summed E-state index contributed by atoms with van der Waals surface area (Å²) in [6.45, 7) is 5.64. The second kappa shape index (κ2) is 3.94. The molecule has 0 aromatic heterocycles. The van der Waals surface area contributed by atoms with Crippen LogP contribution in [0.3, 0.4) is 0 Å². The molecule has 3 heteroatoms. The molecule has 13 heavy (non-hydrogen) atoms. The number of hydrogen-bond donors (Lipinski definition) is 1. The van der Waals surface area contributed by atoms with E-state index in [9.17, 15) is 4.79 Å². The summed E-state index contributed by atoms with van der Waals surface area (Å²) in [5, 5.41) is 9.14. The van der Waals surface area contributed by atoms with Crippen molar-refractivity contribution in [3.63, 3.8) is 0 Å². The van der Waals surface area contributed by atoms with E-state index in [1.54, 1.807) is 6.92 Å². The summed E-state index contributed by atoms with van der Waals surface area (Å²) in [5.41, 5.74) is 0.829. The number of carbonyl (C=O) groups is 1. The summed E-state index contributed by atoms with van der Waals surface area (Å²) in [6, 6.07) is 4.42. The Bertz CT molecular complexity index is 318. The molecule has 0 fully saturated rings. The van der Waals surface area contributed by atoms with Gasteiger partial charge in [0, 0.05) is 0 Å². The maximum absolute atomic E-state index is 11.2. The fraction of sp³-hybridized carbons (Fsp3) is 0.200. The molecule has 1 radical (unpaired) electrons. The highest BCUT2D eigenvalue weighted by Gasteiger charge is 2.07. The van der Waals surface area contributed by atoms with Gasteiger partial charge in [0.25, 0.3) is 0 Å². The van der Waals surface area contributed by atoms with Gasteiger partial charge in [0.1, 0.15) is 5.75 Å². The van der Waals surface area contributed by atoms with Crippen LogP contribution in [0.25, 0.3) is 0 Å². The van der Waals surface area contributed by atoms with E-state index in [2.05, 4.69) is 6.92 Å². The molecule has 69 valence electrons. The van der Waals surface area contributed by atoms with E-state index in [0.29, 0.717) is 17.7 Å². The van der Waals surface area contributed by atoms with Gasteiger partial charge in [-0.05, 0) is 37.6 Å². The summed E-state index contributed by atoms with van der Waals surface area (Å²) in [6.07, 6.45) is 0. The van der Waals surface area contributed by atoms with Crippen LogP contribution in [-0.2, 0) is 4.74 Å². The zero-order valence-corrected chi connectivity index (χ0v) is 7.41. The summed E-state index contributed by atoms with van der Waals surface area (Å²) in [7, 11) is 0. The first-order valence-corrected chi connectivity index (χ1v) is 3.97. The van der Waals surface area contributed by atoms with Crippen LogP contribution in [0.2, 0.25) is 0 Å². The van der Waals surface area contributed by atoms with Gasteiger partial charge in [-0.1, -0.05) is 0 Å². The fourth-order valence-corrected chi connectivity index (χ4v) is 0.927. The number of phenolic OH excluding ortho intramolecular Hbond substituents is 1. The monoisotopic (exact) mass is 179 g/mol. The van der Waals surface area contributed by atoms with Gasteiger partial charge in [0.2, 0.25) is 0 Å². The second-order valence-corrected chi connectivity index (χ2v) is 2.56. The van der Waals surface area contributed by atoms with Crippen LogP contribution in [0.4, 0.5) is 0 Å². The molecule has 0 atom stereocenters. The Balaban J connectivity index is 2.90. The Morgan fingerprint density at radius 1 is 1.62 bits per heavy atom. The lowest BCUT2D eigenvalue weighted by molar-refractivity contribution is 0.0526. The first kappa shape index (κ1) is 9.58. The number of carbonyl (C=O) groups excluding carboxylic acids is 1. The molecule has 0 saturated heterocycles. The predicted octanol–water partition coefficient (Wildman–Crippen LogP) is 1.75. The average molecular weight is 179 g/mol. The van der Waals surface area contributed by atoms with Gasteiger partial charge in [-0.15, -0.1) is 0 Å². The number of rotatable bonds is 2. The second-order valence-electron chi connectivity index (χ2n) is 2.56. The third kappa shape index (κ3) is 2.21. The van der Waals surface area contributed by atoms with Crippen molar-refractivity contribution in [1.82, 2.24) is 0 Å². The minimum absolute atomic E-state index is 0.0769. The predicted molar refractivity (Wildman–Crippen MR) is 48.5 cm³/mol. The molecule has 1 N–H and O–H groups in total. The lowest BCUT2D eigenvalue weighted by Crippen LogP contribution is -2.04. The molecule has 0 saturated carbocycles. The maximum Gasteiger partial charge on any atom is 0.338 e. The van der Waals surface area contributed by atoms with Gasteiger partial charge in [0.15, 0.2) is 0 Å². The van der Waals surface area contributed by atoms with Crippen LogP contribution in [0.15, 0.2) is 18.2 Å². The highest BCUT2D eigenvalue weighted by Crippen LogP contribution is 2.17. The van der Waals surface area contributed by atoms with E-state index in [1.807, 2.05) is 0 Å². The van der Waals surface area contributed by atoms with Crippen molar-refractivity contribution in [1.29, 1.82) is 0 Å². The fourth-order valence-electron chi connectivity index (χ4n) is 0.927. The SMILES string of the molecule is [CH2]c1cc(C(=O)OCC)ccc1O. The van der Waals surface area contributed by atoms with Crippen LogP contribution >= 0.6 is 0 Å². The number of ether oxygens (including phenoxy) is 1. The van der Waals surface area contributed by atoms with Crippen molar-refractivity contribution in [2.45, 2.75) is 6.92 Å². The van der Waals surface area contributed by atoms with Crippen molar-refractivity contribution in [2.24, 2.45) is 0 Å². The Hall–Kier alpha value is -1.51. The summed E-state index contributed by atoms with van der Waals surface area (Å²) in [5.74, 6) is -0.319. The van der Waals surface area contributed by atoms with Crippen LogP contribution in [0.5, 0.6) is 5.75 Å². The van der Waals surface area contributed by atoms with E-state index in [1.165, 1.54) is 18.2 Å². The quantitative estimate of drug-likeness (QED) is 0.703. The lowest BCUT2D eigenvalue weighted by atomic mass is 10.1. The first-order chi connectivity index (χ1) is 6.15. The van der Waals surface area contributed by atoms with Gasteiger partial charge in [-0.3, -0.25) is 0 Å². The third-order valence-corrected chi connectivity index (χ3v) is 1.59. The number of phenols is 1. The standard InChI is InChI=1S/C10H11O3/c1-3-13-10(12)8-4-5-9(11)7(2)6-8/h4-6,11H,2-3H2,1H3. The number of benzene rings is 1. The molecule has 0 aliphatic carbocycles. The molecule has 0 aliphatic rings. The van der Waals surface area contributed by atoms with E-state index in [0.717, 1.165) is 0 Å². The Morgan fingerprint density at radius 2 is 2.31 bits per heavy atom. The lowest BCUT2D eigenvalue weighted by Gasteiger charge is -2.03. The van der Waals surface area contributed by atoms with Crippen LogP contribution in [0.1, 0.15) is 22.8 Å². The molecule has 0 spiro atoms. The molecule has 1 rings (SSSR count). The number of hydrogen-bond acceptors (Lipinski definition) is 3. The van der Waals surface area contributed by atoms with Gasteiger partial charge in [-0.25, -0.2) is 4.79 Å². The average Bonchev–Trinajstić information content (AvgIpc) is 2.10. The molecule has 0 amide bonds. The zero-order valence-electron chi connectivity index (χ0n) is 7.41. The van der Waals surface area contributed by atoms with Crippen molar-refractivity contribution < 1.29 is 14.6 Å². The highest BCUT2D eigenvalue weighted by atomic mass is 16.5. The Morgan fingerprint density at radius 3 is 2.85 bits per heavy atom. The molecule has 3 nitrogen and oxygen atoms in total. The molecule has 1 aromatic carbocycles. The van der Waals surface area contributed by atoms with Gasteiger partial charge < -0.3 is 9.84 Å². The normalized spacial score (nSPS) is 9.69. The van der Waals surface area contributed by atoms with Gasteiger partial charge in [0.05, 0.1) is 12.2 Å². The maximum atomic E-state index is 11.2. The summed E-state index contributed by atoms with van der Waals surface area (Å²) in [4.78, 5) is 11.2. The molecular formula is C10H11O3. The van der Waals surface area contributed by atoms with Gasteiger partial charge in [-0.2, -0.15) is 0 Å². The first-order valence-electron chi connectivity index (χ1n) is 3.97. The van der Waals surface area contributed by atoms with Gasteiger partial charge >= 0.3 is 5.97 Å². The molecule has 0 aliphatic heterocycles. The largest absolute Gasteiger partial charge is 0.508 e.